The highest BCUT2D eigenvalue weighted by Crippen LogP contribution is 2.36. The minimum Gasteiger partial charge on any atom is -0.475 e. The second-order valence-corrected chi connectivity index (χ2v) is 10.6. The zero-order valence-electron chi connectivity index (χ0n) is 24.7. The Bertz CT molecular complexity index is 1150. The molecule has 3 atom stereocenters. The highest BCUT2D eigenvalue weighted by molar-refractivity contribution is 5.82. The maximum absolute atomic E-state index is 13.1. The summed E-state index contributed by atoms with van der Waals surface area (Å²) in [5.41, 5.74) is 1.15. The molecule has 0 spiro atoms. The smallest absolute Gasteiger partial charge is 0.475 e. The lowest BCUT2D eigenvalue weighted by Gasteiger charge is -2.36. The number of hydrogen-bond acceptors (Lipinski definition) is 7. The molecular weight excluding hydrogens is 670 g/mol. The van der Waals surface area contributed by atoms with Crippen molar-refractivity contribution in [3.05, 3.63) is 35.6 Å². The van der Waals surface area contributed by atoms with Gasteiger partial charge < -0.3 is 25.1 Å². The minimum absolute atomic E-state index is 0.0429. The molecule has 3 fully saturated rings. The molecule has 3 heterocycles. The Morgan fingerprint density at radius 1 is 0.723 bits per heavy atom. The zero-order chi connectivity index (χ0) is 36.5. The second kappa shape index (κ2) is 16.9. The first kappa shape index (κ1) is 41.3. The fourth-order valence-corrected chi connectivity index (χ4v) is 4.81. The third-order valence-corrected chi connectivity index (χ3v) is 7.17. The van der Waals surface area contributed by atoms with Gasteiger partial charge in [-0.05, 0) is 44.1 Å². The SMILES string of the molecule is CN1CCN(C(=O)[C@@H]2C[C@H]3CN(Cc4ccc(F)cc4)C[C@H]3N2C)CC1.O=C(O)C(F)(F)F.O=C(O)C(F)(F)F.O=C(O)C(F)(F)F. The number of alkyl halides is 9. The van der Waals surface area contributed by atoms with Crippen LogP contribution in [0.3, 0.4) is 0 Å². The summed E-state index contributed by atoms with van der Waals surface area (Å²) in [6.45, 7) is 6.53. The van der Waals surface area contributed by atoms with Crippen LogP contribution in [0.1, 0.15) is 12.0 Å². The van der Waals surface area contributed by atoms with Crippen LogP contribution in [0.15, 0.2) is 24.3 Å². The molecule has 3 aliphatic rings. The van der Waals surface area contributed by atoms with Crippen LogP contribution in [-0.2, 0) is 25.7 Å². The van der Waals surface area contributed by atoms with E-state index < -0.39 is 36.4 Å². The molecule has 1 amide bonds. The van der Waals surface area contributed by atoms with Gasteiger partial charge in [-0.1, -0.05) is 12.1 Å². The van der Waals surface area contributed by atoms with E-state index >= 15 is 0 Å². The van der Waals surface area contributed by atoms with E-state index in [1.165, 1.54) is 12.1 Å². The Balaban J connectivity index is 0.000000430. The number of carbonyl (C=O) groups is 4. The van der Waals surface area contributed by atoms with Crippen molar-refractivity contribution in [2.75, 3.05) is 53.4 Å². The minimum atomic E-state index is -5.08. The number of likely N-dealkylation sites (tertiary alicyclic amines) is 2. The van der Waals surface area contributed by atoms with Crippen LogP contribution in [0.2, 0.25) is 0 Å². The quantitative estimate of drug-likeness (QED) is 0.403. The predicted molar refractivity (Wildman–Crippen MR) is 140 cm³/mol. The van der Waals surface area contributed by atoms with Crippen molar-refractivity contribution < 1.29 is 78.4 Å². The number of aliphatic carboxylic acids is 3. The molecule has 3 N–H and O–H groups in total. The molecule has 1 aromatic rings. The number of likely N-dealkylation sites (N-methyl/N-ethyl adjacent to an activating group) is 2. The fraction of sp³-hybridized carbons (Fsp3) is 0.615. The maximum Gasteiger partial charge on any atom is 0.490 e. The lowest BCUT2D eigenvalue weighted by molar-refractivity contribution is -0.193. The van der Waals surface area contributed by atoms with Gasteiger partial charge in [0.05, 0.1) is 6.04 Å². The predicted octanol–water partition coefficient (Wildman–Crippen LogP) is 3.00. The Hall–Kier alpha value is -3.72. The first-order valence-electron chi connectivity index (χ1n) is 13.4. The van der Waals surface area contributed by atoms with Crippen LogP contribution in [-0.4, -0.2) is 143 Å². The summed E-state index contributed by atoms with van der Waals surface area (Å²) in [6.07, 6.45) is -14.3. The van der Waals surface area contributed by atoms with E-state index in [2.05, 4.69) is 33.7 Å². The average molecular weight is 703 g/mol. The van der Waals surface area contributed by atoms with Crippen molar-refractivity contribution in [1.82, 2.24) is 19.6 Å². The number of nitrogens with zero attached hydrogens (tertiary/aromatic N) is 4. The maximum atomic E-state index is 13.1. The van der Waals surface area contributed by atoms with Crippen molar-refractivity contribution in [2.24, 2.45) is 5.92 Å². The summed E-state index contributed by atoms with van der Waals surface area (Å²) in [5, 5.41) is 21.4. The molecule has 3 saturated heterocycles. The number of benzene rings is 1. The number of carbonyl (C=O) groups excluding carboxylic acids is 1. The van der Waals surface area contributed by atoms with Gasteiger partial charge in [-0.25, -0.2) is 18.8 Å². The molecule has 0 bridgehead atoms. The van der Waals surface area contributed by atoms with E-state index in [1.54, 1.807) is 0 Å². The van der Waals surface area contributed by atoms with Crippen molar-refractivity contribution in [2.45, 2.75) is 43.6 Å². The number of rotatable bonds is 3. The Morgan fingerprint density at radius 2 is 1.13 bits per heavy atom. The van der Waals surface area contributed by atoms with Crippen LogP contribution in [0, 0.1) is 11.7 Å². The lowest BCUT2D eigenvalue weighted by Crippen LogP contribution is -2.53. The molecule has 0 saturated carbocycles. The van der Waals surface area contributed by atoms with Crippen molar-refractivity contribution in [3.8, 4) is 0 Å². The molecule has 0 aliphatic carbocycles. The molecule has 21 heteroatoms. The van der Waals surface area contributed by atoms with E-state index in [4.69, 9.17) is 29.7 Å². The monoisotopic (exact) mass is 702 g/mol. The molecule has 1 aromatic carbocycles. The van der Waals surface area contributed by atoms with Gasteiger partial charge in [0.15, 0.2) is 0 Å². The molecule has 4 rings (SSSR count). The van der Waals surface area contributed by atoms with E-state index in [0.29, 0.717) is 17.9 Å². The van der Waals surface area contributed by atoms with Gasteiger partial charge >= 0.3 is 36.4 Å². The summed E-state index contributed by atoms with van der Waals surface area (Å²) < 4.78 is 108. The van der Waals surface area contributed by atoms with E-state index in [-0.39, 0.29) is 11.9 Å². The first-order chi connectivity index (χ1) is 21.3. The highest BCUT2D eigenvalue weighted by atomic mass is 19.4. The van der Waals surface area contributed by atoms with Crippen molar-refractivity contribution >= 4 is 23.8 Å². The van der Waals surface area contributed by atoms with Gasteiger partial charge in [0.2, 0.25) is 5.91 Å². The van der Waals surface area contributed by atoms with Gasteiger partial charge in [-0.15, -0.1) is 0 Å². The van der Waals surface area contributed by atoms with E-state index in [9.17, 15) is 48.7 Å². The molecule has 0 radical (unpaired) electrons. The lowest BCUT2D eigenvalue weighted by atomic mass is 10.0. The average Bonchev–Trinajstić information content (AvgIpc) is 3.47. The number of fused-ring (bicyclic) bond motifs is 1. The Labute approximate surface area is 260 Å². The largest absolute Gasteiger partial charge is 0.490 e. The van der Waals surface area contributed by atoms with Crippen LogP contribution in [0.25, 0.3) is 0 Å². The Morgan fingerprint density at radius 3 is 1.49 bits per heavy atom. The second-order valence-electron chi connectivity index (χ2n) is 10.6. The highest BCUT2D eigenvalue weighted by Gasteiger charge is 2.48. The summed E-state index contributed by atoms with van der Waals surface area (Å²) >= 11 is 0. The van der Waals surface area contributed by atoms with E-state index in [1.807, 2.05) is 12.1 Å². The number of amides is 1. The third kappa shape index (κ3) is 13.9. The normalized spacial score (nSPS) is 22.0. The summed E-state index contributed by atoms with van der Waals surface area (Å²) in [6, 6.07) is 7.30. The standard InChI is InChI=1S/C20H29FN4O.3C2HF3O2/c1-22-7-9-25(10-8-22)20(26)18-11-16-13-24(14-19(16)23(18)2)12-15-3-5-17(21)6-4-15;3*3-2(4,5)1(6)7/h3-6,16,18-19H,7-14H2,1-2H3;3*(H,6,7)/t16-,18-,19+;;;/m0.../s1. The number of piperazine rings is 1. The van der Waals surface area contributed by atoms with Gasteiger partial charge in [-0.2, -0.15) is 39.5 Å². The van der Waals surface area contributed by atoms with E-state index in [0.717, 1.165) is 57.8 Å². The van der Waals surface area contributed by atoms with Gasteiger partial charge in [0.1, 0.15) is 5.82 Å². The topological polar surface area (TPSA) is 142 Å². The summed E-state index contributed by atoms with van der Waals surface area (Å²) in [4.78, 5) is 48.7. The van der Waals surface area contributed by atoms with Crippen molar-refractivity contribution in [1.29, 1.82) is 0 Å². The molecule has 268 valence electrons. The fourth-order valence-electron chi connectivity index (χ4n) is 4.81. The molecular formula is C26H32F10N4O7. The van der Waals surface area contributed by atoms with Gasteiger partial charge in [-0.3, -0.25) is 14.6 Å². The zero-order valence-corrected chi connectivity index (χ0v) is 24.7. The number of halogens is 10. The van der Waals surface area contributed by atoms with Crippen LogP contribution in [0.5, 0.6) is 0 Å². The number of hydrogen-bond donors (Lipinski definition) is 3. The number of carboxylic acids is 3. The van der Waals surface area contributed by atoms with Gasteiger partial charge in [0.25, 0.3) is 0 Å². The van der Waals surface area contributed by atoms with Crippen LogP contribution >= 0.6 is 0 Å². The molecule has 0 aromatic heterocycles. The Kier molecular flexibility index (Phi) is 14.9. The summed E-state index contributed by atoms with van der Waals surface area (Å²) in [5.74, 6) is -7.58. The molecule has 47 heavy (non-hydrogen) atoms. The molecule has 0 unspecified atom stereocenters. The summed E-state index contributed by atoms with van der Waals surface area (Å²) in [7, 11) is 4.23. The van der Waals surface area contributed by atoms with Crippen molar-refractivity contribution in [3.63, 3.8) is 0 Å². The molecule has 11 nitrogen and oxygen atoms in total. The first-order valence-corrected chi connectivity index (χ1v) is 13.4. The number of carboxylic acid groups (broad SMARTS) is 3. The van der Waals surface area contributed by atoms with Crippen LogP contribution < -0.4 is 0 Å². The molecule has 3 aliphatic heterocycles. The van der Waals surface area contributed by atoms with Crippen LogP contribution in [0.4, 0.5) is 43.9 Å². The van der Waals surface area contributed by atoms with Gasteiger partial charge in [0, 0.05) is 51.9 Å². The third-order valence-electron chi connectivity index (χ3n) is 7.17.